The molecule has 0 saturated carbocycles. The Morgan fingerprint density at radius 2 is 2.03 bits per heavy atom. The van der Waals surface area contributed by atoms with Crippen LogP contribution in [0.15, 0.2) is 70.2 Å². The molecule has 29 heavy (non-hydrogen) atoms. The van der Waals surface area contributed by atoms with E-state index >= 15 is 0 Å². The molecular formula is C20H13N3O4S2. The maximum absolute atomic E-state index is 12.7. The molecule has 0 atom stereocenters. The summed E-state index contributed by atoms with van der Waals surface area (Å²) >= 11 is 6.53. The highest BCUT2D eigenvalue weighted by molar-refractivity contribution is 8.26. The summed E-state index contributed by atoms with van der Waals surface area (Å²) in [5.74, 6) is 0.557. The minimum Gasteiger partial charge on any atom is -0.456 e. The Hall–Kier alpha value is -3.30. The van der Waals surface area contributed by atoms with Crippen LogP contribution in [0.3, 0.4) is 0 Å². The predicted molar refractivity (Wildman–Crippen MR) is 114 cm³/mol. The van der Waals surface area contributed by atoms with Crippen molar-refractivity contribution in [2.24, 2.45) is 0 Å². The van der Waals surface area contributed by atoms with Crippen molar-refractivity contribution >= 4 is 46.0 Å². The second-order valence-corrected chi connectivity index (χ2v) is 7.78. The first-order chi connectivity index (χ1) is 14.0. The van der Waals surface area contributed by atoms with Crippen molar-refractivity contribution in [3.8, 4) is 11.3 Å². The normalized spacial score (nSPS) is 15.3. The van der Waals surface area contributed by atoms with Gasteiger partial charge in [0.05, 0.1) is 21.9 Å². The third kappa shape index (κ3) is 3.96. The molecule has 1 aliphatic heterocycles. The number of thioether (sulfide) groups is 1. The summed E-state index contributed by atoms with van der Waals surface area (Å²) < 4.78 is 6.20. The number of carbonyl (C=O) groups excluding carboxylic acids is 1. The van der Waals surface area contributed by atoms with Crippen molar-refractivity contribution in [2.75, 3.05) is 0 Å². The maximum Gasteiger partial charge on any atom is 0.280 e. The van der Waals surface area contributed by atoms with Crippen LogP contribution in [-0.4, -0.2) is 25.0 Å². The fourth-order valence-corrected chi connectivity index (χ4v) is 4.09. The van der Waals surface area contributed by atoms with Gasteiger partial charge in [-0.25, -0.2) is 0 Å². The number of amides is 1. The SMILES string of the molecule is O=C1C(=Cc2ccc(-c3ccccc3[N+](=O)[O-])o2)SC(=S)N1Cc1cccnc1. The van der Waals surface area contributed by atoms with Crippen LogP contribution in [0.25, 0.3) is 17.4 Å². The molecule has 0 spiro atoms. The maximum atomic E-state index is 12.7. The van der Waals surface area contributed by atoms with Crippen LogP contribution in [0.2, 0.25) is 0 Å². The van der Waals surface area contributed by atoms with Crippen molar-refractivity contribution in [3.05, 3.63) is 87.3 Å². The summed E-state index contributed by atoms with van der Waals surface area (Å²) in [6.07, 6.45) is 4.95. The number of hydrogen-bond donors (Lipinski definition) is 0. The van der Waals surface area contributed by atoms with E-state index < -0.39 is 4.92 Å². The number of nitro groups is 1. The van der Waals surface area contributed by atoms with Crippen LogP contribution in [0, 0.1) is 10.1 Å². The molecule has 7 nitrogen and oxygen atoms in total. The molecule has 2 aromatic heterocycles. The van der Waals surface area contributed by atoms with E-state index in [4.69, 9.17) is 16.6 Å². The van der Waals surface area contributed by atoms with E-state index in [9.17, 15) is 14.9 Å². The Morgan fingerprint density at radius 1 is 1.21 bits per heavy atom. The molecule has 1 fully saturated rings. The lowest BCUT2D eigenvalue weighted by Gasteiger charge is -2.13. The molecule has 1 aliphatic rings. The lowest BCUT2D eigenvalue weighted by atomic mass is 10.1. The zero-order chi connectivity index (χ0) is 20.4. The number of aromatic nitrogens is 1. The van der Waals surface area contributed by atoms with Crippen LogP contribution < -0.4 is 0 Å². The van der Waals surface area contributed by atoms with Gasteiger partial charge < -0.3 is 4.42 Å². The molecule has 1 aromatic carbocycles. The Kier molecular flexibility index (Phi) is 5.24. The van der Waals surface area contributed by atoms with Gasteiger partial charge in [-0.05, 0) is 29.8 Å². The number of nitro benzene ring substituents is 1. The van der Waals surface area contributed by atoms with Gasteiger partial charge in [0.2, 0.25) is 0 Å². The molecule has 1 amide bonds. The molecule has 4 rings (SSSR count). The predicted octanol–water partition coefficient (Wildman–Crippen LogP) is 4.65. The van der Waals surface area contributed by atoms with E-state index in [0.717, 1.165) is 5.56 Å². The quantitative estimate of drug-likeness (QED) is 0.255. The molecular weight excluding hydrogens is 410 g/mol. The van der Waals surface area contributed by atoms with Gasteiger partial charge in [0.15, 0.2) is 0 Å². The Balaban J connectivity index is 1.57. The van der Waals surface area contributed by atoms with Gasteiger partial charge in [-0.2, -0.15) is 0 Å². The van der Waals surface area contributed by atoms with Crippen LogP contribution in [0.1, 0.15) is 11.3 Å². The van der Waals surface area contributed by atoms with E-state index in [0.29, 0.717) is 32.9 Å². The number of rotatable bonds is 5. The van der Waals surface area contributed by atoms with Gasteiger partial charge in [0.25, 0.3) is 11.6 Å². The van der Waals surface area contributed by atoms with E-state index in [2.05, 4.69) is 4.98 Å². The molecule has 9 heteroatoms. The van der Waals surface area contributed by atoms with E-state index in [1.165, 1.54) is 22.7 Å². The van der Waals surface area contributed by atoms with Crippen molar-refractivity contribution in [1.29, 1.82) is 0 Å². The fraction of sp³-hybridized carbons (Fsp3) is 0.0500. The van der Waals surface area contributed by atoms with Crippen molar-refractivity contribution in [1.82, 2.24) is 9.88 Å². The highest BCUT2D eigenvalue weighted by Gasteiger charge is 2.32. The highest BCUT2D eigenvalue weighted by Crippen LogP contribution is 2.35. The second-order valence-electron chi connectivity index (χ2n) is 6.11. The summed E-state index contributed by atoms with van der Waals surface area (Å²) in [5, 5.41) is 11.2. The molecule has 0 bridgehead atoms. The first kappa shape index (κ1) is 19.0. The standard InChI is InChI=1S/C20H13N3O4S2/c24-19-18(29-20(28)22(19)12-13-4-3-9-21-11-13)10-14-7-8-17(27-14)15-5-1-2-6-16(15)23(25)26/h1-11H,12H2. The number of thiocarbonyl (C=S) groups is 1. The zero-order valence-electron chi connectivity index (χ0n) is 14.8. The van der Waals surface area contributed by atoms with Crippen LogP contribution >= 0.6 is 24.0 Å². The number of hydrogen-bond acceptors (Lipinski definition) is 7. The molecule has 0 unspecified atom stereocenters. The number of para-hydroxylation sites is 1. The summed E-state index contributed by atoms with van der Waals surface area (Å²) in [6, 6.07) is 13.3. The van der Waals surface area contributed by atoms with Gasteiger partial charge in [0, 0.05) is 24.5 Å². The Labute approximate surface area is 175 Å². The Bertz CT molecular complexity index is 1140. The number of pyridine rings is 1. The summed E-state index contributed by atoms with van der Waals surface area (Å²) in [5.41, 5.74) is 1.21. The van der Waals surface area contributed by atoms with Crippen LogP contribution in [0.4, 0.5) is 5.69 Å². The van der Waals surface area contributed by atoms with Gasteiger partial charge in [-0.15, -0.1) is 0 Å². The molecule has 0 N–H and O–H groups in total. The third-order valence-electron chi connectivity index (χ3n) is 4.20. The second kappa shape index (κ2) is 7.98. The van der Waals surface area contributed by atoms with Gasteiger partial charge in [-0.1, -0.05) is 42.2 Å². The summed E-state index contributed by atoms with van der Waals surface area (Å²) in [7, 11) is 0. The van der Waals surface area contributed by atoms with Crippen molar-refractivity contribution in [2.45, 2.75) is 6.54 Å². The average molecular weight is 423 g/mol. The number of furan rings is 1. The summed E-state index contributed by atoms with van der Waals surface area (Å²) in [6.45, 7) is 0.343. The lowest BCUT2D eigenvalue weighted by molar-refractivity contribution is -0.384. The fourth-order valence-electron chi connectivity index (χ4n) is 2.86. The molecule has 0 aliphatic carbocycles. The number of benzene rings is 1. The average Bonchev–Trinajstić information content (AvgIpc) is 3.29. The monoisotopic (exact) mass is 423 g/mol. The van der Waals surface area contributed by atoms with Crippen LogP contribution in [0.5, 0.6) is 0 Å². The number of nitrogens with zero attached hydrogens (tertiary/aromatic N) is 3. The van der Waals surface area contributed by atoms with Gasteiger partial charge in [-0.3, -0.25) is 24.8 Å². The largest absolute Gasteiger partial charge is 0.456 e. The third-order valence-corrected chi connectivity index (χ3v) is 5.58. The van der Waals surface area contributed by atoms with Crippen molar-refractivity contribution < 1.29 is 14.1 Å². The Morgan fingerprint density at radius 3 is 2.79 bits per heavy atom. The molecule has 3 aromatic rings. The smallest absolute Gasteiger partial charge is 0.280 e. The van der Waals surface area contributed by atoms with Gasteiger partial charge >= 0.3 is 0 Å². The topological polar surface area (TPSA) is 89.5 Å². The first-order valence-corrected chi connectivity index (χ1v) is 9.73. The lowest BCUT2D eigenvalue weighted by Crippen LogP contribution is -2.27. The van der Waals surface area contributed by atoms with Crippen LogP contribution in [-0.2, 0) is 11.3 Å². The molecule has 0 radical (unpaired) electrons. The van der Waals surface area contributed by atoms with E-state index in [-0.39, 0.29) is 11.6 Å². The van der Waals surface area contributed by atoms with Gasteiger partial charge in [0.1, 0.15) is 15.8 Å². The number of carbonyl (C=O) groups is 1. The van der Waals surface area contributed by atoms with Crippen molar-refractivity contribution in [3.63, 3.8) is 0 Å². The zero-order valence-corrected chi connectivity index (χ0v) is 16.5. The minimum absolute atomic E-state index is 0.0452. The first-order valence-electron chi connectivity index (χ1n) is 8.51. The summed E-state index contributed by atoms with van der Waals surface area (Å²) in [4.78, 5) is 29.5. The van der Waals surface area contributed by atoms with E-state index in [1.807, 2.05) is 6.07 Å². The highest BCUT2D eigenvalue weighted by atomic mass is 32.2. The molecule has 1 saturated heterocycles. The van der Waals surface area contributed by atoms with E-state index in [1.54, 1.807) is 54.9 Å². The molecule has 3 heterocycles. The molecule has 144 valence electrons. The minimum atomic E-state index is -0.457.